The van der Waals surface area contributed by atoms with Crippen LogP contribution in [0.5, 0.6) is 0 Å². The molecule has 0 fully saturated rings. The van der Waals surface area contributed by atoms with Crippen LogP contribution in [0.15, 0.2) is 66.9 Å². The van der Waals surface area contributed by atoms with E-state index >= 15 is 0 Å². The van der Waals surface area contributed by atoms with Crippen LogP contribution in [0.25, 0.3) is 33.8 Å². The summed E-state index contributed by atoms with van der Waals surface area (Å²) >= 11 is 6.02. The molecule has 0 aliphatic rings. The van der Waals surface area contributed by atoms with Crippen molar-refractivity contribution in [3.63, 3.8) is 0 Å². The van der Waals surface area contributed by atoms with Gasteiger partial charge in [-0.25, -0.2) is 14.8 Å². The highest BCUT2D eigenvalue weighted by Crippen LogP contribution is 2.34. The molecule has 1 N–H and O–H groups in total. The molecule has 12 heteroatoms. The van der Waals surface area contributed by atoms with Gasteiger partial charge in [-0.05, 0) is 47.5 Å². The molecule has 0 saturated heterocycles. The summed E-state index contributed by atoms with van der Waals surface area (Å²) in [5.41, 5.74) is -1.78. The van der Waals surface area contributed by atoms with Gasteiger partial charge in [-0.15, -0.1) is 0 Å². The van der Waals surface area contributed by atoms with Gasteiger partial charge in [-0.1, -0.05) is 49.7 Å². The van der Waals surface area contributed by atoms with Crippen molar-refractivity contribution in [1.29, 1.82) is 0 Å². The summed E-state index contributed by atoms with van der Waals surface area (Å²) in [6, 6.07) is 12.5. The van der Waals surface area contributed by atoms with Crippen molar-refractivity contribution >= 4 is 17.6 Å². The highest BCUT2D eigenvalue weighted by molar-refractivity contribution is 6.33. The van der Waals surface area contributed by atoms with Crippen molar-refractivity contribution in [3.8, 4) is 33.8 Å². The molecular formula is C26H18ClF6N3O2. The number of pyridine rings is 1. The number of carbonyl (C=O) groups is 1. The first-order valence-corrected chi connectivity index (χ1v) is 11.3. The van der Waals surface area contributed by atoms with E-state index in [9.17, 15) is 31.1 Å². The van der Waals surface area contributed by atoms with Crippen LogP contribution in [0, 0.1) is 0 Å². The van der Waals surface area contributed by atoms with E-state index < -0.39 is 29.7 Å². The molecule has 0 unspecified atom stereocenters. The Morgan fingerprint density at radius 2 is 1.37 bits per heavy atom. The molecule has 0 aliphatic heterocycles. The number of rotatable bonds is 4. The van der Waals surface area contributed by atoms with Crippen LogP contribution in [0.3, 0.4) is 0 Å². The standard InChI is InChI=1S/C24H12ClF6N3O2.C2H6/c25-17-9-13(4-6-16(17)22(35)36)12-2-1-3-14(8-12)21-33-18(10-20(34-21)24(29,30)31)15-5-7-19(32-11-15)23(26,27)28;1-2/h1-11H,(H,35,36);1-2H3. The van der Waals surface area contributed by atoms with E-state index in [2.05, 4.69) is 15.0 Å². The van der Waals surface area contributed by atoms with Crippen LogP contribution in [-0.2, 0) is 12.4 Å². The molecule has 2 aromatic heterocycles. The van der Waals surface area contributed by atoms with Crippen molar-refractivity contribution in [2.45, 2.75) is 26.2 Å². The van der Waals surface area contributed by atoms with Crippen LogP contribution in [-0.4, -0.2) is 26.0 Å². The van der Waals surface area contributed by atoms with Gasteiger partial charge in [0, 0.05) is 17.3 Å². The van der Waals surface area contributed by atoms with Crippen molar-refractivity contribution in [1.82, 2.24) is 15.0 Å². The minimum Gasteiger partial charge on any atom is -0.478 e. The molecule has 0 saturated carbocycles. The lowest BCUT2D eigenvalue weighted by Crippen LogP contribution is -2.11. The number of aromatic nitrogens is 3. The first kappa shape index (κ1) is 28.6. The Hall–Kier alpha value is -3.99. The molecule has 0 atom stereocenters. The van der Waals surface area contributed by atoms with E-state index in [4.69, 9.17) is 16.7 Å². The number of hydrogen-bond donors (Lipinski definition) is 1. The summed E-state index contributed by atoms with van der Waals surface area (Å²) in [7, 11) is 0. The highest BCUT2D eigenvalue weighted by atomic mass is 35.5. The first-order valence-electron chi connectivity index (χ1n) is 11.0. The molecule has 38 heavy (non-hydrogen) atoms. The van der Waals surface area contributed by atoms with Gasteiger partial charge in [0.15, 0.2) is 5.82 Å². The van der Waals surface area contributed by atoms with Crippen LogP contribution in [0.4, 0.5) is 26.3 Å². The Bertz CT molecular complexity index is 1460. The largest absolute Gasteiger partial charge is 0.478 e. The van der Waals surface area contributed by atoms with E-state index in [0.29, 0.717) is 23.3 Å². The number of aromatic carboxylic acids is 1. The van der Waals surface area contributed by atoms with Gasteiger partial charge in [0.05, 0.1) is 16.3 Å². The SMILES string of the molecule is CC.O=C(O)c1ccc(-c2cccc(-c3nc(-c4ccc(C(F)(F)F)nc4)cc(C(F)(F)F)n3)c2)cc1Cl. The van der Waals surface area contributed by atoms with Crippen molar-refractivity contribution in [2.24, 2.45) is 0 Å². The summed E-state index contributed by atoms with van der Waals surface area (Å²) in [5.74, 6) is -1.54. The Balaban J connectivity index is 0.00000195. The predicted molar refractivity (Wildman–Crippen MR) is 129 cm³/mol. The number of carboxylic acids is 1. The fraction of sp³-hybridized carbons (Fsp3) is 0.154. The Morgan fingerprint density at radius 1 is 0.763 bits per heavy atom. The van der Waals surface area contributed by atoms with Gasteiger partial charge in [0.1, 0.15) is 11.4 Å². The summed E-state index contributed by atoms with van der Waals surface area (Å²) in [4.78, 5) is 22.2. The molecule has 4 rings (SSSR count). The van der Waals surface area contributed by atoms with E-state index in [0.717, 1.165) is 12.3 Å². The first-order chi connectivity index (χ1) is 17.8. The molecule has 0 spiro atoms. The van der Waals surface area contributed by atoms with Gasteiger partial charge >= 0.3 is 18.3 Å². The molecule has 0 radical (unpaired) electrons. The third-order valence-corrected chi connectivity index (χ3v) is 5.33. The molecular weight excluding hydrogens is 536 g/mol. The number of alkyl halides is 6. The van der Waals surface area contributed by atoms with Crippen molar-refractivity contribution < 1.29 is 36.2 Å². The van der Waals surface area contributed by atoms with E-state index in [1.165, 1.54) is 36.4 Å². The fourth-order valence-electron chi connectivity index (χ4n) is 3.29. The Labute approximate surface area is 217 Å². The van der Waals surface area contributed by atoms with E-state index in [-0.39, 0.29) is 33.2 Å². The number of nitrogens with zero attached hydrogens (tertiary/aromatic N) is 3. The quantitative estimate of drug-likeness (QED) is 0.257. The lowest BCUT2D eigenvalue weighted by molar-refractivity contribution is -0.141. The van der Waals surface area contributed by atoms with Crippen LogP contribution in [0.2, 0.25) is 5.02 Å². The summed E-state index contributed by atoms with van der Waals surface area (Å²) in [5, 5.41) is 9.10. The topological polar surface area (TPSA) is 76.0 Å². The maximum absolute atomic E-state index is 13.6. The zero-order chi connectivity index (χ0) is 28.3. The normalized spacial score (nSPS) is 11.5. The Morgan fingerprint density at radius 3 is 1.92 bits per heavy atom. The average molecular weight is 554 g/mol. The van der Waals surface area contributed by atoms with E-state index in [1.807, 2.05) is 13.8 Å². The number of benzene rings is 2. The molecule has 5 nitrogen and oxygen atoms in total. The maximum Gasteiger partial charge on any atom is 0.433 e. The van der Waals surface area contributed by atoms with Gasteiger partial charge < -0.3 is 5.11 Å². The van der Waals surface area contributed by atoms with Crippen molar-refractivity contribution in [3.05, 3.63) is 88.8 Å². The lowest BCUT2D eigenvalue weighted by atomic mass is 10.0. The lowest BCUT2D eigenvalue weighted by Gasteiger charge is -2.12. The van der Waals surface area contributed by atoms with Crippen LogP contribution in [0.1, 0.15) is 35.6 Å². The second kappa shape index (κ2) is 11.2. The molecule has 0 bridgehead atoms. The summed E-state index contributed by atoms with van der Waals surface area (Å²) in [6.45, 7) is 4.00. The maximum atomic E-state index is 13.6. The molecule has 2 aromatic carbocycles. The number of hydrogen-bond acceptors (Lipinski definition) is 4. The molecule has 2 heterocycles. The number of carboxylic acid groups (broad SMARTS) is 1. The Kier molecular flexibility index (Phi) is 8.41. The second-order valence-corrected chi connectivity index (χ2v) is 7.88. The summed E-state index contributed by atoms with van der Waals surface area (Å²) < 4.78 is 79.2. The second-order valence-electron chi connectivity index (χ2n) is 7.47. The summed E-state index contributed by atoms with van der Waals surface area (Å²) in [6.07, 6.45) is -8.78. The van der Waals surface area contributed by atoms with Gasteiger partial charge in [-0.3, -0.25) is 4.98 Å². The zero-order valence-corrected chi connectivity index (χ0v) is 20.4. The van der Waals surface area contributed by atoms with E-state index in [1.54, 1.807) is 6.07 Å². The highest BCUT2D eigenvalue weighted by Gasteiger charge is 2.35. The molecule has 0 amide bonds. The minimum atomic E-state index is -4.86. The fourth-order valence-corrected chi connectivity index (χ4v) is 3.55. The molecule has 4 aromatic rings. The molecule has 0 aliphatic carbocycles. The zero-order valence-electron chi connectivity index (χ0n) is 19.7. The predicted octanol–water partition coefficient (Wildman–Crippen LogP) is 8.29. The van der Waals surface area contributed by atoms with Gasteiger partial charge in [0.2, 0.25) is 0 Å². The third kappa shape index (κ3) is 6.46. The average Bonchev–Trinajstić information content (AvgIpc) is 2.88. The molecule has 198 valence electrons. The van der Waals surface area contributed by atoms with Crippen molar-refractivity contribution in [2.75, 3.05) is 0 Å². The van der Waals surface area contributed by atoms with Gasteiger partial charge in [0.25, 0.3) is 0 Å². The van der Waals surface area contributed by atoms with Gasteiger partial charge in [-0.2, -0.15) is 26.3 Å². The van der Waals surface area contributed by atoms with Crippen LogP contribution >= 0.6 is 11.6 Å². The number of halogens is 7. The smallest absolute Gasteiger partial charge is 0.433 e. The monoisotopic (exact) mass is 553 g/mol. The third-order valence-electron chi connectivity index (χ3n) is 5.02. The minimum absolute atomic E-state index is 0.0298. The van der Waals surface area contributed by atoms with Crippen LogP contribution < -0.4 is 0 Å².